The number of alkyl halides is 3. The van der Waals surface area contributed by atoms with E-state index in [4.69, 9.17) is 11.6 Å². The van der Waals surface area contributed by atoms with E-state index < -0.39 is 12.7 Å². The van der Waals surface area contributed by atoms with E-state index in [0.29, 0.717) is 16.4 Å². The smallest absolute Gasteiger partial charge is 0.374 e. The van der Waals surface area contributed by atoms with E-state index in [1.54, 1.807) is 18.5 Å². The van der Waals surface area contributed by atoms with Crippen LogP contribution in [-0.4, -0.2) is 39.3 Å². The molecule has 0 unspecified atom stereocenters. The van der Waals surface area contributed by atoms with Crippen molar-refractivity contribution in [3.63, 3.8) is 0 Å². The van der Waals surface area contributed by atoms with Gasteiger partial charge in [0.05, 0.1) is 5.52 Å². The topological polar surface area (TPSA) is 46.8 Å². The summed E-state index contributed by atoms with van der Waals surface area (Å²) in [5.41, 5.74) is 3.07. The fourth-order valence-corrected chi connectivity index (χ4v) is 3.65. The lowest BCUT2D eigenvalue weighted by Gasteiger charge is -2.19. The largest absolute Gasteiger partial charge is 0.406 e. The molecule has 0 saturated heterocycles. The molecule has 0 fully saturated rings. The van der Waals surface area contributed by atoms with Crippen molar-refractivity contribution in [2.75, 3.05) is 18.5 Å². The highest BCUT2D eigenvalue weighted by atomic mass is 35.5. The summed E-state index contributed by atoms with van der Waals surface area (Å²) in [6.07, 6.45) is 1.20. The number of anilines is 1. The molecule has 0 aliphatic carbocycles. The molecular weight excluding hydrogens is 403 g/mol. The summed E-state index contributed by atoms with van der Waals surface area (Å²) in [5, 5.41) is 0.616. The van der Waals surface area contributed by atoms with Gasteiger partial charge in [0.15, 0.2) is 5.15 Å². The Morgan fingerprint density at radius 3 is 2.59 bits per heavy atom. The SMILES string of the molecule is CN(CCc1ccncc1)c1ccc2c(c1)c1ncnc(Cl)c1n2CC(F)(F)F. The minimum atomic E-state index is -4.39. The highest BCUT2D eigenvalue weighted by molar-refractivity contribution is 6.34. The molecule has 3 aromatic heterocycles. The summed E-state index contributed by atoms with van der Waals surface area (Å²) in [4.78, 5) is 14.1. The lowest BCUT2D eigenvalue weighted by Crippen LogP contribution is -2.20. The Kier molecular flexibility index (Phi) is 5.04. The summed E-state index contributed by atoms with van der Waals surface area (Å²) >= 11 is 6.13. The molecule has 0 bridgehead atoms. The van der Waals surface area contributed by atoms with Gasteiger partial charge in [-0.3, -0.25) is 4.98 Å². The summed E-state index contributed by atoms with van der Waals surface area (Å²) < 4.78 is 40.6. The number of hydrogen-bond donors (Lipinski definition) is 0. The highest BCUT2D eigenvalue weighted by Crippen LogP contribution is 2.35. The van der Waals surface area contributed by atoms with E-state index in [-0.39, 0.29) is 10.7 Å². The fourth-order valence-electron chi connectivity index (χ4n) is 3.42. The first-order valence-electron chi connectivity index (χ1n) is 8.93. The van der Waals surface area contributed by atoms with Gasteiger partial charge in [0.1, 0.15) is 23.9 Å². The third kappa shape index (κ3) is 3.98. The molecule has 1 aromatic carbocycles. The molecule has 150 valence electrons. The lowest BCUT2D eigenvalue weighted by atomic mass is 10.1. The highest BCUT2D eigenvalue weighted by Gasteiger charge is 2.30. The van der Waals surface area contributed by atoms with E-state index in [1.165, 1.54) is 6.33 Å². The molecular formula is C20H17ClF3N5. The summed E-state index contributed by atoms with van der Waals surface area (Å²) in [7, 11) is 1.94. The number of nitrogens with zero attached hydrogens (tertiary/aromatic N) is 5. The fraction of sp³-hybridized carbons (Fsp3) is 0.250. The zero-order valence-electron chi connectivity index (χ0n) is 15.5. The molecule has 0 amide bonds. The minimum absolute atomic E-state index is 0.00282. The maximum absolute atomic E-state index is 13.2. The van der Waals surface area contributed by atoms with E-state index >= 15 is 0 Å². The Labute approximate surface area is 169 Å². The van der Waals surface area contributed by atoms with Crippen molar-refractivity contribution in [2.24, 2.45) is 0 Å². The second kappa shape index (κ2) is 7.51. The van der Waals surface area contributed by atoms with Crippen molar-refractivity contribution in [3.8, 4) is 0 Å². The molecule has 0 N–H and O–H groups in total. The van der Waals surface area contributed by atoms with E-state index in [9.17, 15) is 13.2 Å². The molecule has 0 spiro atoms. The van der Waals surface area contributed by atoms with Gasteiger partial charge < -0.3 is 9.47 Å². The summed E-state index contributed by atoms with van der Waals surface area (Å²) in [6, 6.07) is 9.25. The van der Waals surface area contributed by atoms with Gasteiger partial charge in [0.25, 0.3) is 0 Å². The van der Waals surface area contributed by atoms with Crippen LogP contribution in [0.15, 0.2) is 49.1 Å². The van der Waals surface area contributed by atoms with Crippen LogP contribution in [0, 0.1) is 0 Å². The van der Waals surface area contributed by atoms with Crippen molar-refractivity contribution < 1.29 is 13.2 Å². The molecule has 0 aliphatic heterocycles. The van der Waals surface area contributed by atoms with E-state index in [0.717, 1.165) is 28.8 Å². The standard InChI is InChI=1S/C20H17ClF3N5/c1-28(9-6-13-4-7-25-8-5-13)14-2-3-16-15(10-14)17-18(19(21)27-12-26-17)29(16)11-20(22,23)24/h2-5,7-8,10,12H,6,9,11H2,1H3. The molecule has 3 heterocycles. The molecule has 0 radical (unpaired) electrons. The predicted octanol–water partition coefficient (Wildman–Crippen LogP) is 4.87. The van der Waals surface area contributed by atoms with Crippen LogP contribution in [0.4, 0.5) is 18.9 Å². The second-order valence-corrected chi connectivity index (χ2v) is 7.15. The van der Waals surface area contributed by atoms with E-state index in [2.05, 4.69) is 19.9 Å². The van der Waals surface area contributed by atoms with Gasteiger partial charge in [-0.1, -0.05) is 11.6 Å². The summed E-state index contributed by atoms with van der Waals surface area (Å²) in [6.45, 7) is -0.413. The number of halogens is 4. The Morgan fingerprint density at radius 2 is 1.86 bits per heavy atom. The quantitative estimate of drug-likeness (QED) is 0.433. The molecule has 5 nitrogen and oxygen atoms in total. The zero-order chi connectivity index (χ0) is 20.6. The molecule has 9 heteroatoms. The minimum Gasteiger partial charge on any atom is -0.374 e. The molecule has 0 atom stereocenters. The predicted molar refractivity (Wildman–Crippen MR) is 107 cm³/mol. The van der Waals surface area contributed by atoms with Crippen molar-refractivity contribution in [1.29, 1.82) is 0 Å². The molecule has 4 rings (SSSR count). The van der Waals surface area contributed by atoms with Gasteiger partial charge in [-0.25, -0.2) is 9.97 Å². The number of rotatable bonds is 5. The average Bonchev–Trinajstić information content (AvgIpc) is 3.00. The zero-order valence-corrected chi connectivity index (χ0v) is 16.2. The Hall–Kier alpha value is -2.87. The van der Waals surface area contributed by atoms with Crippen LogP contribution >= 0.6 is 11.6 Å². The van der Waals surface area contributed by atoms with Crippen LogP contribution in [0.1, 0.15) is 5.56 Å². The van der Waals surface area contributed by atoms with Crippen molar-refractivity contribution in [3.05, 3.63) is 59.8 Å². The summed E-state index contributed by atoms with van der Waals surface area (Å²) in [5.74, 6) is 0. The molecule has 0 saturated carbocycles. The van der Waals surface area contributed by atoms with Gasteiger partial charge >= 0.3 is 6.18 Å². The number of benzene rings is 1. The number of aromatic nitrogens is 4. The van der Waals surface area contributed by atoms with Gasteiger partial charge in [-0.2, -0.15) is 13.2 Å². The van der Waals surface area contributed by atoms with Gasteiger partial charge in [-0.15, -0.1) is 0 Å². The number of pyridine rings is 1. The molecule has 4 aromatic rings. The number of likely N-dealkylation sites (N-methyl/N-ethyl adjacent to an activating group) is 1. The Balaban J connectivity index is 1.74. The van der Waals surface area contributed by atoms with Crippen LogP contribution in [0.3, 0.4) is 0 Å². The van der Waals surface area contributed by atoms with Crippen LogP contribution < -0.4 is 4.90 Å². The van der Waals surface area contributed by atoms with Crippen molar-refractivity contribution >= 4 is 39.2 Å². The second-order valence-electron chi connectivity index (χ2n) is 6.79. The van der Waals surface area contributed by atoms with Gasteiger partial charge in [0.2, 0.25) is 0 Å². The first-order valence-corrected chi connectivity index (χ1v) is 9.30. The van der Waals surface area contributed by atoms with Crippen LogP contribution in [0.2, 0.25) is 5.15 Å². The Morgan fingerprint density at radius 1 is 1.10 bits per heavy atom. The number of hydrogen-bond acceptors (Lipinski definition) is 4. The van der Waals surface area contributed by atoms with Crippen molar-refractivity contribution in [1.82, 2.24) is 19.5 Å². The van der Waals surface area contributed by atoms with Crippen LogP contribution in [-0.2, 0) is 13.0 Å². The average molecular weight is 420 g/mol. The lowest BCUT2D eigenvalue weighted by molar-refractivity contribution is -0.139. The van der Waals surface area contributed by atoms with E-state index in [1.807, 2.05) is 31.3 Å². The Bertz CT molecular complexity index is 1160. The normalized spacial score (nSPS) is 12.0. The van der Waals surface area contributed by atoms with Gasteiger partial charge in [0, 0.05) is 37.1 Å². The maximum Gasteiger partial charge on any atom is 0.406 e. The van der Waals surface area contributed by atoms with Crippen molar-refractivity contribution in [2.45, 2.75) is 19.1 Å². The van der Waals surface area contributed by atoms with Gasteiger partial charge in [-0.05, 0) is 42.3 Å². The third-order valence-corrected chi connectivity index (χ3v) is 5.11. The molecule has 29 heavy (non-hydrogen) atoms. The van der Waals surface area contributed by atoms with Crippen LogP contribution in [0.5, 0.6) is 0 Å². The van der Waals surface area contributed by atoms with Crippen LogP contribution in [0.25, 0.3) is 21.9 Å². The number of fused-ring (bicyclic) bond motifs is 3. The first kappa shape index (κ1) is 19.4. The maximum atomic E-state index is 13.2. The molecule has 0 aliphatic rings. The first-order chi connectivity index (χ1) is 13.8. The third-order valence-electron chi connectivity index (χ3n) is 4.84. The monoisotopic (exact) mass is 419 g/mol.